The van der Waals surface area contributed by atoms with Crippen LogP contribution in [0.25, 0.3) is 0 Å². The van der Waals surface area contributed by atoms with E-state index in [0.717, 1.165) is 0 Å². The van der Waals surface area contributed by atoms with E-state index in [1.807, 2.05) is 0 Å². The minimum absolute atomic E-state index is 0.345. The Balaban J connectivity index is 4.30. The molecule has 0 fully saturated rings. The highest BCUT2D eigenvalue weighted by molar-refractivity contribution is 6.62. The van der Waals surface area contributed by atoms with Gasteiger partial charge in [-0.25, -0.2) is 0 Å². The van der Waals surface area contributed by atoms with Crippen LogP contribution in [0, 0.1) is 0 Å². The van der Waals surface area contributed by atoms with Gasteiger partial charge in [0.15, 0.2) is 0 Å². The molecule has 0 saturated heterocycles. The van der Waals surface area contributed by atoms with Gasteiger partial charge in [0.05, 0.1) is 0 Å². The van der Waals surface area contributed by atoms with Crippen LogP contribution >= 0.6 is 0 Å². The van der Waals surface area contributed by atoms with Gasteiger partial charge in [-0.1, -0.05) is 27.7 Å². The van der Waals surface area contributed by atoms with E-state index < -0.39 is 8.88 Å². The van der Waals surface area contributed by atoms with E-state index in [-0.39, 0.29) is 0 Å². The average Bonchev–Trinajstić information content (AvgIpc) is 2.01. The second-order valence-corrected chi connectivity index (χ2v) is 6.25. The second-order valence-electron chi connectivity index (χ2n) is 3.62. The lowest BCUT2D eigenvalue weighted by Gasteiger charge is -2.31. The maximum atomic E-state index is 5.40. The molecule has 0 aromatic rings. The molecular weight excluding hydrogens is 184 g/mol. The zero-order valence-corrected chi connectivity index (χ0v) is 10.5. The molecule has 0 unspecified atom stereocenters. The van der Waals surface area contributed by atoms with Gasteiger partial charge in [0, 0.05) is 26.3 Å². The summed E-state index contributed by atoms with van der Waals surface area (Å²) < 4.78 is 10.8. The molecule has 0 aromatic carbocycles. The van der Waals surface area contributed by atoms with Gasteiger partial charge in [-0.15, -0.1) is 0 Å². The first-order chi connectivity index (χ1) is 5.95. The average molecular weight is 206 g/mol. The summed E-state index contributed by atoms with van der Waals surface area (Å²) in [6.45, 7) is 8.28. The Morgan fingerprint density at radius 1 is 0.846 bits per heavy atom. The van der Waals surface area contributed by atoms with Gasteiger partial charge in [-0.2, -0.15) is 0 Å². The predicted octanol–water partition coefficient (Wildman–Crippen LogP) is 0.711. The quantitative estimate of drug-likeness (QED) is 0.628. The third-order valence-electron chi connectivity index (χ3n) is 1.53. The Kier molecular flexibility index (Phi) is 5.74. The highest BCUT2D eigenvalue weighted by Crippen LogP contribution is 1.99. The molecule has 0 aliphatic carbocycles. The molecular formula is C8H22N2O2Si. The molecule has 0 bridgehead atoms. The maximum absolute atomic E-state index is 5.40. The first-order valence-corrected chi connectivity index (χ1v) is 6.43. The molecule has 0 atom stereocenters. The third kappa shape index (κ3) is 4.73. The summed E-state index contributed by atoms with van der Waals surface area (Å²) in [7, 11) is 0.965. The van der Waals surface area contributed by atoms with E-state index in [2.05, 4.69) is 37.7 Å². The van der Waals surface area contributed by atoms with E-state index in [0.29, 0.717) is 12.1 Å². The Morgan fingerprint density at radius 3 is 1.31 bits per heavy atom. The van der Waals surface area contributed by atoms with E-state index in [1.54, 1.807) is 14.2 Å². The minimum Gasteiger partial charge on any atom is -0.374 e. The van der Waals surface area contributed by atoms with Crippen molar-refractivity contribution in [1.82, 2.24) is 9.96 Å². The molecule has 0 radical (unpaired) electrons. The Morgan fingerprint density at radius 2 is 1.15 bits per heavy atom. The normalized spacial score (nSPS) is 12.9. The molecule has 0 aliphatic rings. The van der Waals surface area contributed by atoms with E-state index in [4.69, 9.17) is 8.85 Å². The fraction of sp³-hybridized carbons (Fsp3) is 1.00. The van der Waals surface area contributed by atoms with Gasteiger partial charge in [-0.05, 0) is 0 Å². The summed E-state index contributed by atoms with van der Waals surface area (Å²) in [4.78, 5) is 6.61. The zero-order chi connectivity index (χ0) is 10.5. The first kappa shape index (κ1) is 13.1. The topological polar surface area (TPSA) is 42.5 Å². The molecule has 0 saturated carbocycles. The van der Waals surface area contributed by atoms with Crippen LogP contribution < -0.4 is 9.96 Å². The molecule has 4 nitrogen and oxygen atoms in total. The SMILES string of the molecule is CO[Si](NC(C)C)(NC(C)C)OC. The molecule has 0 aromatic heterocycles. The van der Waals surface area contributed by atoms with Crippen LogP contribution in [0.4, 0.5) is 0 Å². The number of hydrogen-bond donors (Lipinski definition) is 2. The third-order valence-corrected chi connectivity index (χ3v) is 4.60. The van der Waals surface area contributed by atoms with Gasteiger partial charge in [0.2, 0.25) is 0 Å². The van der Waals surface area contributed by atoms with Crippen LogP contribution in [-0.4, -0.2) is 35.2 Å². The van der Waals surface area contributed by atoms with Crippen LogP contribution in [0.5, 0.6) is 0 Å². The van der Waals surface area contributed by atoms with Crippen molar-refractivity contribution < 1.29 is 8.85 Å². The molecule has 0 amide bonds. The minimum atomic E-state index is -2.37. The predicted molar refractivity (Wildman–Crippen MR) is 56.3 cm³/mol. The van der Waals surface area contributed by atoms with Gasteiger partial charge < -0.3 is 8.85 Å². The second kappa shape index (κ2) is 5.72. The van der Waals surface area contributed by atoms with Crippen molar-refractivity contribution in [1.29, 1.82) is 0 Å². The highest BCUT2D eigenvalue weighted by atomic mass is 28.4. The standard InChI is InChI=1S/C8H22N2O2Si/c1-7(2)9-13(11-5,12-6)10-8(3)4/h7-10H,1-6H3. The van der Waals surface area contributed by atoms with Crippen molar-refractivity contribution in [2.45, 2.75) is 39.8 Å². The summed E-state index contributed by atoms with van der Waals surface area (Å²) in [6.07, 6.45) is 0. The van der Waals surface area contributed by atoms with Crippen LogP contribution in [0.15, 0.2) is 0 Å². The summed E-state index contributed by atoms with van der Waals surface area (Å²) in [5, 5.41) is 0. The maximum Gasteiger partial charge on any atom is 0.516 e. The first-order valence-electron chi connectivity index (χ1n) is 4.61. The monoisotopic (exact) mass is 206 g/mol. The molecule has 5 heteroatoms. The van der Waals surface area contributed by atoms with Crippen molar-refractivity contribution in [3.8, 4) is 0 Å². The summed E-state index contributed by atoms with van der Waals surface area (Å²) in [6, 6.07) is 0.690. The van der Waals surface area contributed by atoms with Crippen LogP contribution in [0.2, 0.25) is 0 Å². The van der Waals surface area contributed by atoms with E-state index >= 15 is 0 Å². The van der Waals surface area contributed by atoms with Crippen LogP contribution in [0.1, 0.15) is 27.7 Å². The Hall–Kier alpha value is 0.0569. The lowest BCUT2D eigenvalue weighted by molar-refractivity contribution is 0.205. The molecule has 13 heavy (non-hydrogen) atoms. The van der Waals surface area contributed by atoms with Gasteiger partial charge >= 0.3 is 8.88 Å². The van der Waals surface area contributed by atoms with Crippen molar-refractivity contribution in [2.75, 3.05) is 14.2 Å². The molecule has 0 rings (SSSR count). The lowest BCUT2D eigenvalue weighted by Crippen LogP contribution is -2.69. The zero-order valence-electron chi connectivity index (χ0n) is 9.47. The summed E-state index contributed by atoms with van der Waals surface area (Å²) in [5.74, 6) is 0. The van der Waals surface area contributed by atoms with Gasteiger partial charge in [0.1, 0.15) is 0 Å². The Bertz CT molecular complexity index is 126. The molecule has 0 heterocycles. The lowest BCUT2D eigenvalue weighted by atomic mass is 10.4. The van der Waals surface area contributed by atoms with Gasteiger partial charge in [-0.3, -0.25) is 9.96 Å². The molecule has 0 spiro atoms. The van der Waals surface area contributed by atoms with Crippen LogP contribution in [0.3, 0.4) is 0 Å². The van der Waals surface area contributed by atoms with Crippen LogP contribution in [-0.2, 0) is 8.85 Å². The molecule has 0 aliphatic heterocycles. The summed E-state index contributed by atoms with van der Waals surface area (Å²) in [5.41, 5.74) is 0. The highest BCUT2D eigenvalue weighted by Gasteiger charge is 2.38. The van der Waals surface area contributed by atoms with Gasteiger partial charge in [0.25, 0.3) is 0 Å². The smallest absolute Gasteiger partial charge is 0.374 e. The van der Waals surface area contributed by atoms with E-state index in [1.165, 1.54) is 0 Å². The summed E-state index contributed by atoms with van der Waals surface area (Å²) >= 11 is 0. The number of nitrogens with one attached hydrogen (secondary N) is 2. The number of hydrogen-bond acceptors (Lipinski definition) is 4. The van der Waals surface area contributed by atoms with Crippen molar-refractivity contribution in [3.05, 3.63) is 0 Å². The largest absolute Gasteiger partial charge is 0.516 e. The fourth-order valence-electron chi connectivity index (χ4n) is 1.12. The Labute approximate surface area is 82.4 Å². The van der Waals surface area contributed by atoms with Crippen molar-refractivity contribution >= 4 is 8.88 Å². The number of rotatable bonds is 6. The van der Waals surface area contributed by atoms with Crippen molar-refractivity contribution in [3.63, 3.8) is 0 Å². The molecule has 2 N–H and O–H groups in total. The van der Waals surface area contributed by atoms with E-state index in [9.17, 15) is 0 Å². The van der Waals surface area contributed by atoms with Crippen molar-refractivity contribution in [2.24, 2.45) is 0 Å². The fourth-order valence-corrected chi connectivity index (χ4v) is 3.36. The molecule has 80 valence electrons.